The molecule has 2 heterocycles. The molecule has 0 spiro atoms. The Morgan fingerprint density at radius 2 is 1.18 bits per heavy atom. The SMILES string of the molecule is CC.CC.CC(C)(C)OC(=O)N1CC[C@@H](O)C1.CC(C)(C)OC(=O)N1CC[C@@H](OS(C)(=O)=O)C1. The maximum absolute atomic E-state index is 11.7. The zero-order valence-corrected chi connectivity index (χ0v) is 23.8. The van der Waals surface area contributed by atoms with E-state index in [2.05, 4.69) is 0 Å². The zero-order chi connectivity index (χ0) is 27.3. The monoisotopic (exact) mass is 512 g/mol. The van der Waals surface area contributed by atoms with Crippen LogP contribution in [0.3, 0.4) is 0 Å². The third kappa shape index (κ3) is 16.9. The molecule has 0 aromatic rings. The van der Waals surface area contributed by atoms with Gasteiger partial charge in [-0.25, -0.2) is 9.59 Å². The third-order valence-electron chi connectivity index (χ3n) is 3.92. The quantitative estimate of drug-likeness (QED) is 0.551. The Labute approximate surface area is 207 Å². The van der Waals surface area contributed by atoms with E-state index < -0.39 is 33.5 Å². The van der Waals surface area contributed by atoms with Crippen LogP contribution in [-0.2, 0) is 23.8 Å². The molecule has 2 rings (SSSR count). The van der Waals surface area contributed by atoms with Gasteiger partial charge >= 0.3 is 12.2 Å². The van der Waals surface area contributed by atoms with Crippen molar-refractivity contribution in [2.75, 3.05) is 32.4 Å². The van der Waals surface area contributed by atoms with Crippen molar-refractivity contribution in [2.24, 2.45) is 0 Å². The van der Waals surface area contributed by atoms with Gasteiger partial charge in [0.2, 0.25) is 0 Å². The molecule has 10 nitrogen and oxygen atoms in total. The fourth-order valence-corrected chi connectivity index (χ4v) is 3.43. The van der Waals surface area contributed by atoms with Gasteiger partial charge in [0, 0.05) is 19.6 Å². The molecule has 34 heavy (non-hydrogen) atoms. The van der Waals surface area contributed by atoms with E-state index in [9.17, 15) is 23.1 Å². The predicted molar refractivity (Wildman–Crippen MR) is 133 cm³/mol. The second kappa shape index (κ2) is 15.4. The lowest BCUT2D eigenvalue weighted by Crippen LogP contribution is -2.36. The first-order valence-electron chi connectivity index (χ1n) is 12.0. The van der Waals surface area contributed by atoms with Gasteiger partial charge in [-0.3, -0.25) is 4.18 Å². The van der Waals surface area contributed by atoms with Gasteiger partial charge in [0.05, 0.1) is 25.0 Å². The molecule has 0 aromatic heterocycles. The number of β-amino-alcohol motifs (C(OH)–C–C–N with tert-alkyl or cyclic N) is 1. The zero-order valence-electron chi connectivity index (χ0n) is 23.0. The van der Waals surface area contributed by atoms with Crippen molar-refractivity contribution in [3.05, 3.63) is 0 Å². The highest BCUT2D eigenvalue weighted by atomic mass is 32.2. The van der Waals surface area contributed by atoms with Crippen molar-refractivity contribution in [1.29, 1.82) is 0 Å². The lowest BCUT2D eigenvalue weighted by Gasteiger charge is -2.24. The highest BCUT2D eigenvalue weighted by Crippen LogP contribution is 2.18. The molecule has 1 N–H and O–H groups in total. The van der Waals surface area contributed by atoms with Crippen molar-refractivity contribution >= 4 is 22.3 Å². The number of hydrogen-bond acceptors (Lipinski definition) is 8. The van der Waals surface area contributed by atoms with Gasteiger partial charge in [0.1, 0.15) is 11.2 Å². The molecular formula is C23H48N2O8S. The normalized spacial score (nSPS) is 20.1. The number of aliphatic hydroxyl groups is 1. The van der Waals surface area contributed by atoms with Crippen LogP contribution in [0.15, 0.2) is 0 Å². The van der Waals surface area contributed by atoms with E-state index >= 15 is 0 Å². The number of rotatable bonds is 2. The van der Waals surface area contributed by atoms with Crippen LogP contribution >= 0.6 is 0 Å². The molecule has 0 unspecified atom stereocenters. The maximum Gasteiger partial charge on any atom is 0.410 e. The second-order valence-electron chi connectivity index (χ2n) is 9.51. The van der Waals surface area contributed by atoms with E-state index in [1.54, 1.807) is 20.8 Å². The molecule has 2 aliphatic heterocycles. The summed E-state index contributed by atoms with van der Waals surface area (Å²) < 4.78 is 37.0. The Morgan fingerprint density at radius 1 is 0.794 bits per heavy atom. The smallest absolute Gasteiger partial charge is 0.410 e. The highest BCUT2D eigenvalue weighted by molar-refractivity contribution is 7.86. The first-order valence-corrected chi connectivity index (χ1v) is 13.8. The topological polar surface area (TPSA) is 123 Å². The minimum atomic E-state index is -3.47. The summed E-state index contributed by atoms with van der Waals surface area (Å²) in [6, 6.07) is 0. The molecule has 0 aromatic carbocycles. The maximum atomic E-state index is 11.7. The van der Waals surface area contributed by atoms with Crippen LogP contribution in [0.2, 0.25) is 0 Å². The minimum absolute atomic E-state index is 0.252. The summed E-state index contributed by atoms with van der Waals surface area (Å²) in [5.74, 6) is 0. The lowest BCUT2D eigenvalue weighted by molar-refractivity contribution is 0.0263. The van der Waals surface area contributed by atoms with Crippen LogP contribution in [0, 0.1) is 0 Å². The van der Waals surface area contributed by atoms with E-state index in [1.807, 2.05) is 48.5 Å². The molecule has 0 bridgehead atoms. The number of carbonyl (C=O) groups is 2. The summed E-state index contributed by atoms with van der Waals surface area (Å²) in [6.07, 6.45) is 0.556. The average Bonchev–Trinajstić information content (AvgIpc) is 3.31. The summed E-state index contributed by atoms with van der Waals surface area (Å²) >= 11 is 0. The molecule has 2 amide bonds. The van der Waals surface area contributed by atoms with E-state index in [1.165, 1.54) is 9.80 Å². The second-order valence-corrected chi connectivity index (χ2v) is 11.1. The Bertz CT molecular complexity index is 699. The fraction of sp³-hybridized carbons (Fsp3) is 0.913. The van der Waals surface area contributed by atoms with Crippen LogP contribution in [-0.4, -0.2) is 91.4 Å². The summed E-state index contributed by atoms with van der Waals surface area (Å²) in [6.45, 7) is 20.5. The molecule has 0 saturated carbocycles. The minimum Gasteiger partial charge on any atom is -0.444 e. The summed E-state index contributed by atoms with van der Waals surface area (Å²) in [4.78, 5) is 26.1. The van der Waals surface area contributed by atoms with Gasteiger partial charge in [0.15, 0.2) is 0 Å². The van der Waals surface area contributed by atoms with E-state index in [0.717, 1.165) is 6.26 Å². The molecule has 2 saturated heterocycles. The average molecular weight is 513 g/mol. The van der Waals surface area contributed by atoms with Gasteiger partial charge in [-0.1, -0.05) is 27.7 Å². The Hall–Kier alpha value is -1.59. The summed E-state index contributed by atoms with van der Waals surface area (Å²) in [7, 11) is -3.47. The number of amides is 2. The molecule has 11 heteroatoms. The Balaban J connectivity index is 0. The van der Waals surface area contributed by atoms with Crippen LogP contribution in [0.4, 0.5) is 9.59 Å². The van der Waals surface area contributed by atoms with Crippen molar-refractivity contribution in [2.45, 2.75) is 105 Å². The summed E-state index contributed by atoms with van der Waals surface area (Å²) in [5.41, 5.74) is -1.00. The first-order chi connectivity index (χ1) is 15.5. The van der Waals surface area contributed by atoms with E-state index in [4.69, 9.17) is 13.7 Å². The lowest BCUT2D eigenvalue weighted by atomic mass is 10.2. The largest absolute Gasteiger partial charge is 0.444 e. The Kier molecular flexibility index (Phi) is 15.7. The molecule has 2 atom stereocenters. The molecule has 2 fully saturated rings. The highest BCUT2D eigenvalue weighted by Gasteiger charge is 2.32. The van der Waals surface area contributed by atoms with Crippen LogP contribution < -0.4 is 0 Å². The molecule has 204 valence electrons. The number of ether oxygens (including phenoxy) is 2. The van der Waals surface area contributed by atoms with Gasteiger partial charge < -0.3 is 24.4 Å². The standard InChI is InChI=1S/C10H19NO5S.C9H17NO3.2C2H6/c1-10(2,3)15-9(12)11-6-5-8(7-11)16-17(4,13)14;1-9(2,3)13-8(12)10-5-4-7(11)6-10;2*1-2/h8H,5-7H2,1-4H3;7,11H,4-6H2,1-3H3;2*1-2H3/t8-;7-;;/m11../s1. The Morgan fingerprint density at radius 3 is 1.50 bits per heavy atom. The van der Waals surface area contributed by atoms with E-state index in [-0.39, 0.29) is 18.7 Å². The summed E-state index contributed by atoms with van der Waals surface area (Å²) in [5, 5.41) is 9.20. The van der Waals surface area contributed by atoms with Crippen molar-refractivity contribution in [1.82, 2.24) is 9.80 Å². The first kappa shape index (κ1) is 34.6. The number of carbonyl (C=O) groups excluding carboxylic acids is 2. The van der Waals surface area contributed by atoms with Crippen LogP contribution in [0.25, 0.3) is 0 Å². The van der Waals surface area contributed by atoms with Crippen LogP contribution in [0.5, 0.6) is 0 Å². The molecule has 2 aliphatic rings. The molecular weight excluding hydrogens is 464 g/mol. The number of hydrogen-bond donors (Lipinski definition) is 1. The van der Waals surface area contributed by atoms with Crippen molar-refractivity contribution in [3.63, 3.8) is 0 Å². The van der Waals surface area contributed by atoms with Gasteiger partial charge in [0.25, 0.3) is 10.1 Å². The number of likely N-dealkylation sites (tertiary alicyclic amines) is 2. The molecule has 0 radical (unpaired) electrons. The van der Waals surface area contributed by atoms with Gasteiger partial charge in [-0.15, -0.1) is 0 Å². The van der Waals surface area contributed by atoms with Crippen LogP contribution in [0.1, 0.15) is 82.1 Å². The van der Waals surface area contributed by atoms with Crippen molar-refractivity contribution < 1.29 is 36.8 Å². The number of aliphatic hydroxyl groups excluding tert-OH is 1. The van der Waals surface area contributed by atoms with Gasteiger partial charge in [-0.2, -0.15) is 8.42 Å². The molecule has 0 aliphatic carbocycles. The van der Waals surface area contributed by atoms with Crippen molar-refractivity contribution in [3.8, 4) is 0 Å². The van der Waals surface area contributed by atoms with E-state index in [0.29, 0.717) is 32.5 Å². The predicted octanol–water partition coefficient (Wildman–Crippen LogP) is 4.01. The fourth-order valence-electron chi connectivity index (χ4n) is 2.78. The number of nitrogens with zero attached hydrogens (tertiary/aromatic N) is 2. The third-order valence-corrected chi connectivity index (χ3v) is 4.54. The van der Waals surface area contributed by atoms with Gasteiger partial charge in [-0.05, 0) is 54.4 Å².